The van der Waals surface area contributed by atoms with Crippen LogP contribution in [-0.2, 0) is 39.5 Å². The average molecular weight is 496 g/mol. The second kappa shape index (κ2) is 8.58. The summed E-state index contributed by atoms with van der Waals surface area (Å²) < 4.78 is 61.6. The van der Waals surface area contributed by atoms with Gasteiger partial charge in [-0.25, -0.2) is 4.90 Å². The third-order valence-corrected chi connectivity index (χ3v) is 7.02. The number of imide groups is 1. The maximum absolute atomic E-state index is 13.5. The third-order valence-electron chi connectivity index (χ3n) is 7.02. The lowest BCUT2D eigenvalue weighted by Gasteiger charge is -2.33. The molecule has 188 valence electrons. The fourth-order valence-corrected chi connectivity index (χ4v) is 5.53. The second-order valence-corrected chi connectivity index (χ2v) is 9.14. The van der Waals surface area contributed by atoms with Gasteiger partial charge in [0.2, 0.25) is 11.8 Å². The topological polar surface area (TPSA) is 115 Å². The Hall–Kier alpha value is -3.01. The van der Waals surface area contributed by atoms with Crippen molar-refractivity contribution in [3.05, 3.63) is 29.3 Å². The lowest BCUT2D eigenvalue weighted by atomic mass is 9.64. The fraction of sp³-hybridized carbons (Fsp3) is 0.565. The Morgan fingerprint density at radius 1 is 1.23 bits per heavy atom. The predicted octanol–water partition coefficient (Wildman–Crippen LogP) is 2.41. The van der Waals surface area contributed by atoms with Gasteiger partial charge in [-0.15, -0.1) is 0 Å². The zero-order valence-electron chi connectivity index (χ0n) is 19.2. The number of amides is 2. The van der Waals surface area contributed by atoms with E-state index in [-0.39, 0.29) is 25.5 Å². The van der Waals surface area contributed by atoms with E-state index in [9.17, 15) is 27.6 Å². The molecule has 2 bridgehead atoms. The maximum Gasteiger partial charge on any atom is 0.417 e. The van der Waals surface area contributed by atoms with E-state index in [2.05, 4.69) is 0 Å². The van der Waals surface area contributed by atoms with E-state index in [1.807, 2.05) is 0 Å². The molecule has 3 unspecified atom stereocenters. The molecule has 0 spiro atoms. The van der Waals surface area contributed by atoms with Crippen LogP contribution in [0, 0.1) is 29.1 Å². The van der Waals surface area contributed by atoms with Crippen LogP contribution in [0.3, 0.4) is 0 Å². The van der Waals surface area contributed by atoms with Crippen molar-refractivity contribution in [1.82, 2.24) is 0 Å². The number of fused-ring (bicyclic) bond motifs is 5. The molecule has 4 rings (SSSR count). The van der Waals surface area contributed by atoms with Crippen molar-refractivity contribution in [2.45, 2.75) is 37.6 Å². The molecule has 0 aromatic heterocycles. The Kier molecular flexibility index (Phi) is 6.15. The van der Waals surface area contributed by atoms with E-state index in [1.165, 1.54) is 20.1 Å². The first-order valence-corrected chi connectivity index (χ1v) is 10.8. The summed E-state index contributed by atoms with van der Waals surface area (Å²) in [5.41, 5.74) is -4.76. The number of carbonyl (C=O) groups is 3. The highest BCUT2D eigenvalue weighted by atomic mass is 19.4. The number of carbonyl (C=O) groups excluding carboxylic acids is 3. The zero-order valence-corrected chi connectivity index (χ0v) is 19.2. The van der Waals surface area contributed by atoms with Gasteiger partial charge in [-0.1, -0.05) is 0 Å². The van der Waals surface area contributed by atoms with E-state index < -0.39 is 64.0 Å². The van der Waals surface area contributed by atoms with Gasteiger partial charge in [-0.05, 0) is 38.5 Å². The summed E-state index contributed by atoms with van der Waals surface area (Å²) in [6.45, 7) is 3.32. The molecular formula is C23H23F3N2O7. The average Bonchev–Trinajstić information content (AvgIpc) is 3.33. The van der Waals surface area contributed by atoms with Crippen LogP contribution in [0.1, 0.15) is 31.4 Å². The molecule has 0 saturated carbocycles. The van der Waals surface area contributed by atoms with Crippen LogP contribution in [-0.4, -0.2) is 56.1 Å². The number of anilines is 1. The van der Waals surface area contributed by atoms with Crippen LogP contribution >= 0.6 is 0 Å². The highest BCUT2D eigenvalue weighted by Gasteiger charge is 2.77. The van der Waals surface area contributed by atoms with Gasteiger partial charge in [0.1, 0.15) is 0 Å². The molecule has 0 radical (unpaired) electrons. The van der Waals surface area contributed by atoms with Crippen LogP contribution < -0.4 is 4.90 Å². The Labute approximate surface area is 198 Å². The van der Waals surface area contributed by atoms with Crippen molar-refractivity contribution >= 4 is 23.5 Å². The molecule has 9 nitrogen and oxygen atoms in total. The summed E-state index contributed by atoms with van der Waals surface area (Å²) in [6, 6.07) is 4.13. The summed E-state index contributed by atoms with van der Waals surface area (Å²) in [5.74, 6) is -5.10. The van der Waals surface area contributed by atoms with E-state index in [4.69, 9.17) is 24.2 Å². The molecule has 0 N–H and O–H groups in total. The molecule has 3 heterocycles. The minimum absolute atomic E-state index is 0.0929. The molecule has 3 saturated heterocycles. The van der Waals surface area contributed by atoms with Gasteiger partial charge < -0.3 is 18.9 Å². The van der Waals surface area contributed by atoms with Gasteiger partial charge in [0.15, 0.2) is 6.79 Å². The van der Waals surface area contributed by atoms with Gasteiger partial charge in [-0.3, -0.25) is 14.4 Å². The number of hydrogen-bond donors (Lipinski definition) is 0. The zero-order chi connectivity index (χ0) is 25.8. The van der Waals surface area contributed by atoms with Crippen LogP contribution in [0.2, 0.25) is 0 Å². The lowest BCUT2D eigenvalue weighted by Crippen LogP contribution is -2.49. The molecule has 1 aromatic carbocycles. The van der Waals surface area contributed by atoms with Crippen LogP contribution in [0.25, 0.3) is 0 Å². The predicted molar refractivity (Wildman–Crippen MR) is 110 cm³/mol. The number of methoxy groups -OCH3 is 1. The van der Waals surface area contributed by atoms with Crippen molar-refractivity contribution in [3.8, 4) is 6.07 Å². The third kappa shape index (κ3) is 3.87. The van der Waals surface area contributed by atoms with Crippen molar-refractivity contribution in [1.29, 1.82) is 5.26 Å². The van der Waals surface area contributed by atoms with Crippen molar-refractivity contribution in [3.63, 3.8) is 0 Å². The molecule has 0 aliphatic carbocycles. The van der Waals surface area contributed by atoms with Gasteiger partial charge in [0, 0.05) is 7.11 Å². The molecule has 3 fully saturated rings. The van der Waals surface area contributed by atoms with E-state index in [0.717, 1.165) is 12.1 Å². The van der Waals surface area contributed by atoms with E-state index in [0.29, 0.717) is 17.6 Å². The van der Waals surface area contributed by atoms with Gasteiger partial charge in [0.05, 0.1) is 65.1 Å². The smallest absolute Gasteiger partial charge is 0.417 e. The summed E-state index contributed by atoms with van der Waals surface area (Å²) in [4.78, 5) is 40.3. The molecule has 3 aliphatic rings. The molecule has 2 amide bonds. The number of nitrogens with zero attached hydrogens (tertiary/aromatic N) is 2. The van der Waals surface area contributed by atoms with Crippen molar-refractivity contribution in [2.24, 2.45) is 17.8 Å². The number of benzene rings is 1. The lowest BCUT2D eigenvalue weighted by molar-refractivity contribution is -0.169. The SMILES string of the molecule is COCCOCOC(=O)[C@@H]1CC2(C)OC1(C)[C@@H]1C(=O)N(c3ccc(C#N)c(C(F)(F)F)c3)C(=O)C12. The minimum atomic E-state index is -4.86. The van der Waals surface area contributed by atoms with Crippen LogP contribution in [0.15, 0.2) is 18.2 Å². The molecule has 1 aromatic rings. The van der Waals surface area contributed by atoms with Crippen molar-refractivity contribution < 1.29 is 46.5 Å². The molecular weight excluding hydrogens is 473 g/mol. The van der Waals surface area contributed by atoms with E-state index in [1.54, 1.807) is 6.92 Å². The Bertz CT molecular complexity index is 1120. The Balaban J connectivity index is 1.61. The second-order valence-electron chi connectivity index (χ2n) is 9.14. The summed E-state index contributed by atoms with van der Waals surface area (Å²) in [5, 5.41) is 9.03. The number of ether oxygens (including phenoxy) is 4. The van der Waals surface area contributed by atoms with Crippen LogP contribution in [0.5, 0.6) is 0 Å². The summed E-state index contributed by atoms with van der Waals surface area (Å²) in [7, 11) is 1.49. The standard InChI is InChI=1S/C23H23F3N2O7/c1-21-9-15(20(31)34-11-33-7-6-32-3)22(2,35-21)17-16(21)18(29)28(19(17)30)13-5-4-12(10-27)14(8-13)23(24,25)26/h4-5,8,15-17H,6-7,9,11H2,1-3H3/t15-,16?,17-,21?,22?/m0/s1. The first kappa shape index (κ1) is 25.1. The summed E-state index contributed by atoms with van der Waals surface area (Å²) >= 11 is 0. The number of rotatable bonds is 7. The highest BCUT2D eigenvalue weighted by Crippen LogP contribution is 2.63. The van der Waals surface area contributed by atoms with Crippen LogP contribution in [0.4, 0.5) is 18.9 Å². The molecule has 5 atom stereocenters. The molecule has 35 heavy (non-hydrogen) atoms. The van der Waals surface area contributed by atoms with Crippen molar-refractivity contribution in [2.75, 3.05) is 32.0 Å². The quantitative estimate of drug-likeness (QED) is 0.245. The van der Waals surface area contributed by atoms with Gasteiger partial charge >= 0.3 is 12.1 Å². The van der Waals surface area contributed by atoms with Gasteiger partial charge in [-0.2, -0.15) is 18.4 Å². The number of nitriles is 1. The van der Waals surface area contributed by atoms with E-state index >= 15 is 0 Å². The van der Waals surface area contributed by atoms with Gasteiger partial charge in [0.25, 0.3) is 0 Å². The maximum atomic E-state index is 13.5. The number of esters is 1. The normalized spacial score (nSPS) is 31.6. The minimum Gasteiger partial charge on any atom is -0.438 e. The summed E-state index contributed by atoms with van der Waals surface area (Å²) in [6.07, 6.45) is -4.77. The monoisotopic (exact) mass is 496 g/mol. The Morgan fingerprint density at radius 3 is 2.54 bits per heavy atom. The highest BCUT2D eigenvalue weighted by molar-refractivity contribution is 6.23. The fourth-order valence-electron chi connectivity index (χ4n) is 5.53. The first-order valence-electron chi connectivity index (χ1n) is 10.8. The number of hydrogen-bond acceptors (Lipinski definition) is 8. The molecule has 3 aliphatic heterocycles. The number of halogens is 3. The molecule has 12 heteroatoms. The number of alkyl halides is 3. The largest absolute Gasteiger partial charge is 0.438 e. The Morgan fingerprint density at radius 2 is 1.91 bits per heavy atom. The first-order chi connectivity index (χ1) is 16.4.